The molecule has 0 radical (unpaired) electrons. The fourth-order valence-electron chi connectivity index (χ4n) is 0.932. The van der Waals surface area contributed by atoms with E-state index in [4.69, 9.17) is 4.74 Å². The fraction of sp³-hybridized carbons (Fsp3) is 0.182. The molecule has 80 valence electrons. The number of rotatable bonds is 4. The summed E-state index contributed by atoms with van der Waals surface area (Å²) in [6, 6.07) is 8.56. The van der Waals surface area contributed by atoms with Gasteiger partial charge in [0.2, 0.25) is 0 Å². The molecule has 1 aromatic rings. The van der Waals surface area contributed by atoms with Crippen molar-refractivity contribution in [2.45, 2.75) is 6.92 Å². The van der Waals surface area contributed by atoms with Gasteiger partial charge < -0.3 is 14.6 Å². The first-order chi connectivity index (χ1) is 7.27. The van der Waals surface area contributed by atoms with Crippen molar-refractivity contribution in [1.29, 1.82) is 0 Å². The molecule has 1 rings (SSSR count). The second-order valence-electron chi connectivity index (χ2n) is 2.62. The van der Waals surface area contributed by atoms with Crippen LogP contribution in [0, 0.1) is 0 Å². The van der Waals surface area contributed by atoms with Gasteiger partial charge in [0.05, 0.1) is 6.61 Å². The fourth-order valence-corrected chi connectivity index (χ4v) is 0.932. The molecule has 0 saturated carbocycles. The van der Waals surface area contributed by atoms with Crippen molar-refractivity contribution >= 4 is 5.97 Å². The zero-order valence-electron chi connectivity index (χ0n) is 9.30. The smallest absolute Gasteiger partial charge is 0.875 e. The molecule has 0 saturated heterocycles. The number of hydrogen-bond donors (Lipinski definition) is 0. The summed E-state index contributed by atoms with van der Waals surface area (Å²) in [5.41, 5.74) is 0. The maximum absolute atomic E-state index is 11.2. The summed E-state index contributed by atoms with van der Waals surface area (Å²) in [4.78, 5) is 11.2. The van der Waals surface area contributed by atoms with Gasteiger partial charge in [0.15, 0.2) is 5.76 Å². The minimum Gasteiger partial charge on any atom is -0.875 e. The molecule has 0 unspecified atom stereocenters. The molecule has 0 heterocycles. The number of carbonyl (C=O) groups is 1. The van der Waals surface area contributed by atoms with Crippen LogP contribution in [-0.4, -0.2) is 12.6 Å². The largest absolute Gasteiger partial charge is 1.00 e. The van der Waals surface area contributed by atoms with Crippen LogP contribution in [0.5, 0.6) is 5.75 Å². The molecule has 0 aromatic heterocycles. The number of carbonyl (C=O) groups excluding carboxylic acids is 1. The number of esters is 1. The Kier molecular flexibility index (Phi) is 7.72. The Hall–Kier alpha value is -0.970. The van der Waals surface area contributed by atoms with E-state index in [1.54, 1.807) is 37.3 Å². The van der Waals surface area contributed by atoms with E-state index >= 15 is 0 Å². The maximum Gasteiger partial charge on any atom is 1.00 e. The number of benzene rings is 1. The predicted octanol–water partition coefficient (Wildman–Crippen LogP) is -2.17. The average Bonchev–Trinajstić information content (AvgIpc) is 2.27. The summed E-state index contributed by atoms with van der Waals surface area (Å²) < 4.78 is 9.69. The van der Waals surface area contributed by atoms with Gasteiger partial charge in [-0.1, -0.05) is 24.5 Å². The molecule has 4 nitrogen and oxygen atoms in total. The van der Waals surface area contributed by atoms with Crippen molar-refractivity contribution in [3.8, 4) is 5.75 Å². The Morgan fingerprint density at radius 2 is 2.00 bits per heavy atom. The van der Waals surface area contributed by atoms with Crippen LogP contribution in [0.3, 0.4) is 0 Å². The normalized spacial score (nSPS) is 10.2. The maximum atomic E-state index is 11.2. The van der Waals surface area contributed by atoms with E-state index < -0.39 is 5.97 Å². The van der Waals surface area contributed by atoms with Crippen molar-refractivity contribution in [3.05, 3.63) is 42.4 Å². The third-order valence-electron chi connectivity index (χ3n) is 1.55. The van der Waals surface area contributed by atoms with Gasteiger partial charge in [-0.3, -0.25) is 0 Å². The zero-order chi connectivity index (χ0) is 11.1. The third-order valence-corrected chi connectivity index (χ3v) is 1.55. The van der Waals surface area contributed by atoms with E-state index in [0.717, 1.165) is 0 Å². The van der Waals surface area contributed by atoms with Crippen molar-refractivity contribution in [3.63, 3.8) is 0 Å². The molecule has 5 heteroatoms. The van der Waals surface area contributed by atoms with Gasteiger partial charge >= 0.3 is 35.5 Å². The molecule has 16 heavy (non-hydrogen) atoms. The SMILES string of the molecule is CCOC(=O)C(=C[O-])Oc1ccccc1.[Na+]. The first-order valence-electron chi connectivity index (χ1n) is 4.50. The van der Waals surface area contributed by atoms with E-state index in [1.807, 2.05) is 0 Å². The molecule has 0 spiro atoms. The Morgan fingerprint density at radius 1 is 1.38 bits per heavy atom. The van der Waals surface area contributed by atoms with E-state index in [9.17, 15) is 9.90 Å². The Bertz CT molecular complexity index is 348. The van der Waals surface area contributed by atoms with Gasteiger partial charge in [-0.05, 0) is 19.1 Å². The van der Waals surface area contributed by atoms with Crippen LogP contribution in [0.15, 0.2) is 42.4 Å². The third kappa shape index (κ3) is 4.70. The molecular formula is C11H11NaO4. The van der Waals surface area contributed by atoms with Crippen LogP contribution in [0.2, 0.25) is 0 Å². The first-order valence-corrected chi connectivity index (χ1v) is 4.50. The summed E-state index contributed by atoms with van der Waals surface area (Å²) in [5.74, 6) is -0.674. The van der Waals surface area contributed by atoms with E-state index in [-0.39, 0.29) is 41.9 Å². The second-order valence-corrected chi connectivity index (χ2v) is 2.62. The number of ether oxygens (including phenoxy) is 2. The second kappa shape index (κ2) is 8.21. The van der Waals surface area contributed by atoms with E-state index in [2.05, 4.69) is 4.74 Å². The summed E-state index contributed by atoms with van der Waals surface area (Å²) in [5, 5.41) is 10.6. The standard InChI is InChI=1S/C11H12O4.Na/c1-2-14-11(13)10(8-12)15-9-6-4-3-5-7-9;/h3-8,12H,2H2,1H3;/q;+1/p-1. The van der Waals surface area contributed by atoms with Gasteiger partial charge in [0, 0.05) is 0 Å². The van der Waals surface area contributed by atoms with Crippen molar-refractivity contribution in [2.24, 2.45) is 0 Å². The summed E-state index contributed by atoms with van der Waals surface area (Å²) in [6.07, 6.45) is 0.338. The molecule has 0 amide bonds. The summed E-state index contributed by atoms with van der Waals surface area (Å²) >= 11 is 0. The monoisotopic (exact) mass is 230 g/mol. The van der Waals surface area contributed by atoms with Gasteiger partial charge in [0.25, 0.3) is 0 Å². The summed E-state index contributed by atoms with van der Waals surface area (Å²) in [7, 11) is 0. The van der Waals surface area contributed by atoms with Crippen molar-refractivity contribution in [1.82, 2.24) is 0 Å². The molecular weight excluding hydrogens is 219 g/mol. The zero-order valence-corrected chi connectivity index (χ0v) is 11.3. The van der Waals surface area contributed by atoms with Crippen LogP contribution >= 0.6 is 0 Å². The Morgan fingerprint density at radius 3 is 2.50 bits per heavy atom. The van der Waals surface area contributed by atoms with E-state index in [1.165, 1.54) is 0 Å². The molecule has 0 aliphatic carbocycles. The molecule has 0 atom stereocenters. The molecule has 0 fully saturated rings. The molecule has 1 aromatic carbocycles. The van der Waals surface area contributed by atoms with Gasteiger partial charge in [-0.15, -0.1) is 0 Å². The van der Waals surface area contributed by atoms with Gasteiger partial charge in [-0.25, -0.2) is 4.79 Å². The van der Waals surface area contributed by atoms with E-state index in [0.29, 0.717) is 12.0 Å². The average molecular weight is 230 g/mol. The van der Waals surface area contributed by atoms with Crippen LogP contribution in [-0.2, 0) is 9.53 Å². The molecule has 0 N–H and O–H groups in total. The topological polar surface area (TPSA) is 58.6 Å². The van der Waals surface area contributed by atoms with Gasteiger partial charge in [-0.2, -0.15) is 0 Å². The van der Waals surface area contributed by atoms with Crippen LogP contribution in [0.1, 0.15) is 6.92 Å². The van der Waals surface area contributed by atoms with Gasteiger partial charge in [0.1, 0.15) is 5.75 Å². The van der Waals surface area contributed by atoms with Crippen LogP contribution in [0.4, 0.5) is 0 Å². The van der Waals surface area contributed by atoms with Crippen LogP contribution in [0.25, 0.3) is 0 Å². The quantitative estimate of drug-likeness (QED) is 0.256. The Labute approximate surface area is 116 Å². The molecule has 0 aliphatic heterocycles. The predicted molar refractivity (Wildman–Crippen MR) is 51.8 cm³/mol. The Balaban J connectivity index is 0.00000225. The molecule has 0 aliphatic rings. The molecule has 0 bridgehead atoms. The van der Waals surface area contributed by atoms with Crippen molar-refractivity contribution in [2.75, 3.05) is 6.61 Å². The van der Waals surface area contributed by atoms with Crippen LogP contribution < -0.4 is 39.4 Å². The minimum absolute atomic E-state index is 0. The first kappa shape index (κ1) is 15.0. The summed E-state index contributed by atoms with van der Waals surface area (Å²) in [6.45, 7) is 1.86. The van der Waals surface area contributed by atoms with Crippen molar-refractivity contribution < 1.29 is 48.9 Å². The minimum atomic E-state index is -0.753. The number of hydrogen-bond acceptors (Lipinski definition) is 4. The number of para-hydroxylation sites is 1.